The fourth-order valence-electron chi connectivity index (χ4n) is 1.95. The van der Waals surface area contributed by atoms with E-state index in [4.69, 9.17) is 11.6 Å². The van der Waals surface area contributed by atoms with Gasteiger partial charge in [0.1, 0.15) is 0 Å². The van der Waals surface area contributed by atoms with Gasteiger partial charge in [-0.1, -0.05) is 31.4 Å². The fourth-order valence-corrected chi connectivity index (χ4v) is 2.31. The molecule has 20 heavy (non-hydrogen) atoms. The quantitative estimate of drug-likeness (QED) is 0.473. The van der Waals surface area contributed by atoms with Gasteiger partial charge in [0.05, 0.1) is 21.2 Å². The first-order chi connectivity index (χ1) is 9.38. The third-order valence-electron chi connectivity index (χ3n) is 2.97. The van der Waals surface area contributed by atoms with Crippen molar-refractivity contribution < 1.29 is 14.8 Å². The summed E-state index contributed by atoms with van der Waals surface area (Å²) >= 11 is 6.02. The number of nitrogens with zero attached hydrogens (tertiary/aromatic N) is 2. The average Bonchev–Trinajstić information content (AvgIpc) is 2.37. The number of anilines is 1. The minimum absolute atomic E-state index is 0.0793. The molecule has 0 aliphatic rings. The number of nitro groups is 1. The lowest BCUT2D eigenvalue weighted by atomic mass is 10.1. The minimum Gasteiger partial charge on any atom is -0.478 e. The standard InChI is InChI=1S/C13H17ClN2O4/c1-3-4-5-6-15(2)12-10(13(17)18)7-9(16(19)20)8-11(12)14/h7-8H,3-6H2,1-2H3,(H,17,18). The molecule has 110 valence electrons. The Bertz CT molecular complexity index is 519. The summed E-state index contributed by atoms with van der Waals surface area (Å²) in [5.41, 5.74) is -0.151. The van der Waals surface area contributed by atoms with E-state index in [1.54, 1.807) is 11.9 Å². The summed E-state index contributed by atoms with van der Waals surface area (Å²) in [6.45, 7) is 2.72. The van der Waals surface area contributed by atoms with Gasteiger partial charge in [-0.3, -0.25) is 10.1 Å². The number of carbonyl (C=O) groups is 1. The molecule has 0 aromatic heterocycles. The van der Waals surface area contributed by atoms with Crippen molar-refractivity contribution in [1.29, 1.82) is 0 Å². The Morgan fingerprint density at radius 2 is 2.10 bits per heavy atom. The second kappa shape index (κ2) is 7.09. The van der Waals surface area contributed by atoms with Gasteiger partial charge in [0.25, 0.3) is 5.69 Å². The maximum absolute atomic E-state index is 11.3. The summed E-state index contributed by atoms with van der Waals surface area (Å²) in [5.74, 6) is -1.23. The molecule has 7 heteroatoms. The highest BCUT2D eigenvalue weighted by Crippen LogP contribution is 2.33. The lowest BCUT2D eigenvalue weighted by molar-refractivity contribution is -0.384. The number of halogens is 1. The Morgan fingerprint density at radius 1 is 1.45 bits per heavy atom. The van der Waals surface area contributed by atoms with E-state index in [1.807, 2.05) is 0 Å². The lowest BCUT2D eigenvalue weighted by Crippen LogP contribution is -2.21. The van der Waals surface area contributed by atoms with E-state index in [2.05, 4.69) is 6.92 Å². The largest absolute Gasteiger partial charge is 0.478 e. The zero-order valence-electron chi connectivity index (χ0n) is 11.4. The number of rotatable bonds is 7. The van der Waals surface area contributed by atoms with E-state index < -0.39 is 10.9 Å². The van der Waals surface area contributed by atoms with Crippen LogP contribution < -0.4 is 4.90 Å². The number of carboxylic acid groups (broad SMARTS) is 1. The molecule has 0 amide bonds. The zero-order valence-corrected chi connectivity index (χ0v) is 12.2. The minimum atomic E-state index is -1.23. The molecule has 0 spiro atoms. The van der Waals surface area contributed by atoms with Crippen LogP contribution in [-0.2, 0) is 0 Å². The van der Waals surface area contributed by atoms with Crippen LogP contribution >= 0.6 is 11.6 Å². The first kappa shape index (κ1) is 16.2. The number of benzene rings is 1. The van der Waals surface area contributed by atoms with E-state index >= 15 is 0 Å². The van der Waals surface area contributed by atoms with Crippen molar-refractivity contribution in [1.82, 2.24) is 0 Å². The number of unbranched alkanes of at least 4 members (excludes halogenated alkanes) is 2. The molecule has 1 aromatic rings. The number of nitro benzene ring substituents is 1. The van der Waals surface area contributed by atoms with E-state index in [0.717, 1.165) is 25.3 Å². The van der Waals surface area contributed by atoms with Crippen molar-refractivity contribution in [2.45, 2.75) is 26.2 Å². The summed E-state index contributed by atoms with van der Waals surface area (Å²) in [7, 11) is 1.73. The van der Waals surface area contributed by atoms with E-state index in [1.165, 1.54) is 6.07 Å². The monoisotopic (exact) mass is 300 g/mol. The van der Waals surface area contributed by atoms with Gasteiger partial charge in [-0.05, 0) is 6.42 Å². The Balaban J connectivity index is 3.17. The molecule has 1 rings (SSSR count). The predicted molar refractivity (Wildman–Crippen MR) is 77.9 cm³/mol. The second-order valence-corrected chi connectivity index (χ2v) is 4.92. The number of non-ortho nitro benzene ring substituents is 1. The van der Waals surface area contributed by atoms with Crippen molar-refractivity contribution in [3.8, 4) is 0 Å². The smallest absolute Gasteiger partial charge is 0.338 e. The normalized spacial score (nSPS) is 10.3. The Hall–Kier alpha value is -1.82. The van der Waals surface area contributed by atoms with Crippen molar-refractivity contribution in [2.24, 2.45) is 0 Å². The van der Waals surface area contributed by atoms with Crippen LogP contribution in [-0.4, -0.2) is 29.6 Å². The highest BCUT2D eigenvalue weighted by molar-refractivity contribution is 6.34. The molecular weight excluding hydrogens is 284 g/mol. The van der Waals surface area contributed by atoms with Crippen LogP contribution in [0.2, 0.25) is 5.02 Å². The third kappa shape index (κ3) is 3.84. The maximum Gasteiger partial charge on any atom is 0.338 e. The number of aromatic carboxylic acids is 1. The number of carboxylic acids is 1. The van der Waals surface area contributed by atoms with Gasteiger partial charge < -0.3 is 10.0 Å². The molecule has 0 bridgehead atoms. The lowest BCUT2D eigenvalue weighted by Gasteiger charge is -2.22. The maximum atomic E-state index is 11.3. The highest BCUT2D eigenvalue weighted by Gasteiger charge is 2.22. The van der Waals surface area contributed by atoms with Gasteiger partial charge in [0.2, 0.25) is 0 Å². The molecule has 0 heterocycles. The van der Waals surface area contributed by atoms with Crippen molar-refractivity contribution in [3.05, 3.63) is 32.8 Å². The van der Waals surface area contributed by atoms with Gasteiger partial charge in [-0.25, -0.2) is 4.79 Å². The zero-order chi connectivity index (χ0) is 15.3. The Labute approximate surface area is 122 Å². The van der Waals surface area contributed by atoms with Crippen molar-refractivity contribution >= 4 is 28.9 Å². The summed E-state index contributed by atoms with van der Waals surface area (Å²) in [6, 6.07) is 2.22. The molecule has 6 nitrogen and oxygen atoms in total. The summed E-state index contributed by atoms with van der Waals surface area (Å²) < 4.78 is 0. The predicted octanol–water partition coefficient (Wildman–Crippen LogP) is 3.57. The summed E-state index contributed by atoms with van der Waals surface area (Å²) in [6.07, 6.45) is 2.98. The Morgan fingerprint density at radius 3 is 2.60 bits per heavy atom. The Kier molecular flexibility index (Phi) is 5.76. The van der Waals surface area contributed by atoms with E-state index in [9.17, 15) is 20.0 Å². The molecule has 0 unspecified atom stereocenters. The van der Waals surface area contributed by atoms with Gasteiger partial charge in [0, 0.05) is 25.7 Å². The molecule has 1 aromatic carbocycles. The van der Waals surface area contributed by atoms with Crippen LogP contribution in [0.1, 0.15) is 36.5 Å². The van der Waals surface area contributed by atoms with E-state index in [0.29, 0.717) is 12.2 Å². The van der Waals surface area contributed by atoms with Crippen LogP contribution in [0.3, 0.4) is 0 Å². The highest BCUT2D eigenvalue weighted by atomic mass is 35.5. The molecule has 0 aliphatic carbocycles. The van der Waals surface area contributed by atoms with Crippen LogP contribution in [0.15, 0.2) is 12.1 Å². The van der Waals surface area contributed by atoms with Crippen LogP contribution in [0.5, 0.6) is 0 Å². The van der Waals surface area contributed by atoms with Crippen molar-refractivity contribution in [3.63, 3.8) is 0 Å². The van der Waals surface area contributed by atoms with Gasteiger partial charge in [-0.2, -0.15) is 0 Å². The molecule has 0 aliphatic heterocycles. The van der Waals surface area contributed by atoms with Crippen molar-refractivity contribution in [2.75, 3.05) is 18.5 Å². The first-order valence-corrected chi connectivity index (χ1v) is 6.68. The van der Waals surface area contributed by atoms with Crippen LogP contribution in [0, 0.1) is 10.1 Å². The molecule has 0 atom stereocenters. The summed E-state index contributed by atoms with van der Waals surface area (Å²) in [5, 5.41) is 20.0. The molecular formula is C13H17ClN2O4. The number of hydrogen-bond donors (Lipinski definition) is 1. The van der Waals surface area contributed by atoms with Gasteiger partial charge in [0.15, 0.2) is 0 Å². The van der Waals surface area contributed by atoms with Gasteiger partial charge >= 0.3 is 5.97 Å². The SMILES string of the molecule is CCCCCN(C)c1c(Cl)cc([N+](=O)[O-])cc1C(=O)O. The molecule has 1 N–H and O–H groups in total. The third-order valence-corrected chi connectivity index (χ3v) is 3.26. The molecule has 0 radical (unpaired) electrons. The topological polar surface area (TPSA) is 83.7 Å². The molecule has 0 saturated carbocycles. The molecule has 0 fully saturated rings. The molecule has 0 saturated heterocycles. The fraction of sp³-hybridized carbons (Fsp3) is 0.462. The first-order valence-electron chi connectivity index (χ1n) is 6.30. The van der Waals surface area contributed by atoms with Crippen LogP contribution in [0.25, 0.3) is 0 Å². The average molecular weight is 301 g/mol. The summed E-state index contributed by atoms with van der Waals surface area (Å²) in [4.78, 5) is 23.1. The van der Waals surface area contributed by atoms with E-state index in [-0.39, 0.29) is 16.3 Å². The number of hydrogen-bond acceptors (Lipinski definition) is 4. The van der Waals surface area contributed by atoms with Crippen LogP contribution in [0.4, 0.5) is 11.4 Å². The van der Waals surface area contributed by atoms with Gasteiger partial charge in [-0.15, -0.1) is 0 Å². The second-order valence-electron chi connectivity index (χ2n) is 4.51.